The van der Waals surface area contributed by atoms with Crippen molar-refractivity contribution in [2.24, 2.45) is 16.8 Å². The SMILES string of the molecule is C=C(C)CNC(=NCC(=O)N(C)C)N1CC2CCC(NC(=O)OC(C)(C)C)C2C1.I. The van der Waals surface area contributed by atoms with E-state index in [1.54, 1.807) is 19.0 Å². The number of nitrogens with zero attached hydrogens (tertiary/aromatic N) is 3. The zero-order chi connectivity index (χ0) is 21.8. The number of hydrogen-bond acceptors (Lipinski definition) is 4. The molecule has 0 spiro atoms. The van der Waals surface area contributed by atoms with E-state index >= 15 is 0 Å². The molecule has 3 atom stereocenters. The molecule has 1 aliphatic heterocycles. The Labute approximate surface area is 197 Å². The van der Waals surface area contributed by atoms with E-state index in [1.165, 1.54) is 0 Å². The summed E-state index contributed by atoms with van der Waals surface area (Å²) >= 11 is 0. The average molecular weight is 535 g/mol. The number of nitrogens with one attached hydrogen (secondary N) is 2. The van der Waals surface area contributed by atoms with Crippen LogP contribution in [0.5, 0.6) is 0 Å². The fraction of sp³-hybridized carbons (Fsp3) is 0.762. The third kappa shape index (κ3) is 7.96. The summed E-state index contributed by atoms with van der Waals surface area (Å²) in [4.78, 5) is 32.5. The zero-order valence-corrected chi connectivity index (χ0v) is 21.5. The van der Waals surface area contributed by atoms with Crippen LogP contribution in [0.25, 0.3) is 0 Å². The van der Waals surface area contributed by atoms with Gasteiger partial charge in [-0.25, -0.2) is 9.79 Å². The van der Waals surface area contributed by atoms with Crippen molar-refractivity contribution >= 4 is 41.9 Å². The van der Waals surface area contributed by atoms with E-state index in [2.05, 4.69) is 27.1 Å². The molecule has 0 aromatic carbocycles. The highest BCUT2D eigenvalue weighted by atomic mass is 127. The number of rotatable bonds is 5. The molecule has 1 aliphatic carbocycles. The van der Waals surface area contributed by atoms with Crippen LogP contribution in [-0.2, 0) is 9.53 Å². The molecule has 8 nitrogen and oxygen atoms in total. The topological polar surface area (TPSA) is 86.3 Å². The van der Waals surface area contributed by atoms with E-state index in [9.17, 15) is 9.59 Å². The van der Waals surface area contributed by atoms with Crippen LogP contribution < -0.4 is 10.6 Å². The number of alkyl carbamates (subject to hydrolysis) is 1. The van der Waals surface area contributed by atoms with Crippen LogP contribution in [0.3, 0.4) is 0 Å². The third-order valence-corrected chi connectivity index (χ3v) is 5.27. The number of aliphatic imine (C=N–C) groups is 1. The number of carbonyl (C=O) groups is 2. The summed E-state index contributed by atoms with van der Waals surface area (Å²) in [5.41, 5.74) is 0.496. The van der Waals surface area contributed by atoms with Crippen molar-refractivity contribution < 1.29 is 14.3 Å². The molecule has 0 bridgehead atoms. The Hall–Kier alpha value is -1.52. The van der Waals surface area contributed by atoms with Gasteiger partial charge in [0.1, 0.15) is 12.1 Å². The summed E-state index contributed by atoms with van der Waals surface area (Å²) in [6.45, 7) is 13.9. The monoisotopic (exact) mass is 535 g/mol. The molecule has 2 N–H and O–H groups in total. The first-order valence-corrected chi connectivity index (χ1v) is 10.3. The number of guanidine groups is 1. The van der Waals surface area contributed by atoms with Crippen molar-refractivity contribution in [2.45, 2.75) is 52.2 Å². The van der Waals surface area contributed by atoms with Crippen molar-refractivity contribution in [2.75, 3.05) is 40.3 Å². The molecule has 3 unspecified atom stereocenters. The van der Waals surface area contributed by atoms with Crippen LogP contribution in [0.4, 0.5) is 4.79 Å². The molecule has 9 heteroatoms. The van der Waals surface area contributed by atoms with Gasteiger partial charge in [-0.2, -0.15) is 0 Å². The second-order valence-electron chi connectivity index (χ2n) is 9.40. The van der Waals surface area contributed by atoms with Gasteiger partial charge in [0.2, 0.25) is 5.91 Å². The maximum Gasteiger partial charge on any atom is 0.407 e. The van der Waals surface area contributed by atoms with Crippen LogP contribution in [0, 0.1) is 11.8 Å². The third-order valence-electron chi connectivity index (χ3n) is 5.27. The van der Waals surface area contributed by atoms with Gasteiger partial charge in [0.05, 0.1) is 0 Å². The molecule has 0 aromatic rings. The minimum atomic E-state index is -0.505. The van der Waals surface area contributed by atoms with E-state index in [4.69, 9.17) is 4.74 Å². The summed E-state index contributed by atoms with van der Waals surface area (Å²) in [5.74, 6) is 1.54. The molecular weight excluding hydrogens is 497 g/mol. The Morgan fingerprint density at radius 3 is 2.47 bits per heavy atom. The van der Waals surface area contributed by atoms with Crippen LogP contribution in [0.1, 0.15) is 40.5 Å². The zero-order valence-electron chi connectivity index (χ0n) is 19.2. The minimum Gasteiger partial charge on any atom is -0.444 e. The molecule has 2 rings (SSSR count). The van der Waals surface area contributed by atoms with Gasteiger partial charge in [0.15, 0.2) is 5.96 Å². The van der Waals surface area contributed by atoms with E-state index in [0.717, 1.165) is 37.5 Å². The van der Waals surface area contributed by atoms with Gasteiger partial charge in [-0.3, -0.25) is 4.79 Å². The maximum atomic E-state index is 12.2. The number of amides is 2. The van der Waals surface area contributed by atoms with Crippen molar-refractivity contribution in [3.05, 3.63) is 12.2 Å². The molecule has 2 aliphatic rings. The van der Waals surface area contributed by atoms with Gasteiger partial charge in [0.25, 0.3) is 0 Å². The number of likely N-dealkylation sites (tertiary alicyclic amines) is 1. The lowest BCUT2D eigenvalue weighted by molar-refractivity contribution is -0.127. The van der Waals surface area contributed by atoms with Crippen molar-refractivity contribution in [3.8, 4) is 0 Å². The predicted molar refractivity (Wildman–Crippen MR) is 130 cm³/mol. The quantitative estimate of drug-likeness (QED) is 0.245. The molecule has 30 heavy (non-hydrogen) atoms. The predicted octanol–water partition coefficient (Wildman–Crippen LogP) is 2.45. The normalized spacial score (nSPS) is 23.3. The van der Waals surface area contributed by atoms with Gasteiger partial charge >= 0.3 is 6.09 Å². The van der Waals surface area contributed by atoms with Crippen molar-refractivity contribution in [1.29, 1.82) is 0 Å². The molecule has 0 aromatic heterocycles. The second kappa shape index (κ2) is 11.2. The summed E-state index contributed by atoms with van der Waals surface area (Å²) in [6, 6.07) is 0.102. The summed E-state index contributed by atoms with van der Waals surface area (Å²) in [5, 5.41) is 6.38. The Kier molecular flexibility index (Phi) is 9.90. The number of carbonyl (C=O) groups excluding carboxylic acids is 2. The Bertz CT molecular complexity index is 660. The lowest BCUT2D eigenvalue weighted by atomic mass is 9.98. The summed E-state index contributed by atoms with van der Waals surface area (Å²) in [7, 11) is 3.46. The number of halogens is 1. The highest BCUT2D eigenvalue weighted by Gasteiger charge is 2.44. The van der Waals surface area contributed by atoms with E-state index in [-0.39, 0.29) is 48.6 Å². The number of ether oxygens (including phenoxy) is 1. The Morgan fingerprint density at radius 2 is 1.90 bits per heavy atom. The first-order valence-electron chi connectivity index (χ1n) is 10.3. The fourth-order valence-corrected chi connectivity index (χ4v) is 3.86. The summed E-state index contributed by atoms with van der Waals surface area (Å²) in [6.07, 6.45) is 1.67. The largest absolute Gasteiger partial charge is 0.444 e. The van der Waals surface area contributed by atoms with Crippen LogP contribution >= 0.6 is 24.0 Å². The van der Waals surface area contributed by atoms with Gasteiger partial charge in [-0.05, 0) is 46.5 Å². The highest BCUT2D eigenvalue weighted by molar-refractivity contribution is 14.0. The van der Waals surface area contributed by atoms with Gasteiger partial charge in [-0.1, -0.05) is 12.2 Å². The molecule has 2 amide bonds. The summed E-state index contributed by atoms with van der Waals surface area (Å²) < 4.78 is 5.42. The molecule has 0 radical (unpaired) electrons. The van der Waals surface area contributed by atoms with E-state index in [1.807, 2.05) is 27.7 Å². The van der Waals surface area contributed by atoms with Crippen LogP contribution in [0.15, 0.2) is 17.1 Å². The maximum absolute atomic E-state index is 12.2. The highest BCUT2D eigenvalue weighted by Crippen LogP contribution is 2.38. The van der Waals surface area contributed by atoms with E-state index < -0.39 is 5.60 Å². The number of likely N-dealkylation sites (N-methyl/N-ethyl adjacent to an activating group) is 1. The smallest absolute Gasteiger partial charge is 0.407 e. The van der Waals surface area contributed by atoms with Crippen molar-refractivity contribution in [1.82, 2.24) is 20.4 Å². The first-order chi connectivity index (χ1) is 13.5. The lowest BCUT2D eigenvalue weighted by Gasteiger charge is -2.26. The van der Waals surface area contributed by atoms with Gasteiger partial charge in [-0.15, -0.1) is 24.0 Å². The van der Waals surface area contributed by atoms with Crippen molar-refractivity contribution in [3.63, 3.8) is 0 Å². The first kappa shape index (κ1) is 26.5. The molecule has 172 valence electrons. The van der Waals surface area contributed by atoms with E-state index in [0.29, 0.717) is 18.4 Å². The van der Waals surface area contributed by atoms with Crippen LogP contribution in [0.2, 0.25) is 0 Å². The standard InChI is InChI=1S/C21H37N5O3.HI/c1-14(2)10-22-19(23-11-18(27)25(6)7)26-12-15-8-9-17(16(15)13-26)24-20(28)29-21(3,4)5;/h15-17H,1,8-13H2,2-7H3,(H,22,23)(H,24,28);1H. The Balaban J connectivity index is 0.00000450. The second-order valence-corrected chi connectivity index (χ2v) is 9.40. The molecule has 2 fully saturated rings. The number of hydrogen-bond donors (Lipinski definition) is 2. The number of fused-ring (bicyclic) bond motifs is 1. The lowest BCUT2D eigenvalue weighted by Crippen LogP contribution is -2.45. The molecule has 1 saturated carbocycles. The molecular formula is C21H38IN5O3. The average Bonchev–Trinajstić information content (AvgIpc) is 3.14. The molecule has 1 saturated heterocycles. The van der Waals surface area contributed by atoms with Gasteiger partial charge in [0, 0.05) is 45.7 Å². The molecule has 1 heterocycles. The fourth-order valence-electron chi connectivity index (χ4n) is 3.86. The minimum absolute atomic E-state index is 0. The van der Waals surface area contributed by atoms with Crippen LogP contribution in [-0.4, -0.2) is 79.7 Å². The van der Waals surface area contributed by atoms with Gasteiger partial charge < -0.3 is 25.2 Å². The Morgan fingerprint density at radius 1 is 1.23 bits per heavy atom.